The molecule has 6 nitrogen and oxygen atoms in total. The van der Waals surface area contributed by atoms with E-state index in [0.717, 1.165) is 45.1 Å². The number of carbonyl (C=O) groups excluding carboxylic acids is 1. The van der Waals surface area contributed by atoms with E-state index in [0.29, 0.717) is 12.6 Å². The van der Waals surface area contributed by atoms with Gasteiger partial charge in [0, 0.05) is 39.3 Å². The number of carbonyl (C=O) groups is 1. The van der Waals surface area contributed by atoms with Crippen LogP contribution in [0.15, 0.2) is 4.99 Å². The normalized spacial score (nSPS) is 12.6. The van der Waals surface area contributed by atoms with Gasteiger partial charge in [0.1, 0.15) is 0 Å². The second kappa shape index (κ2) is 14.7. The van der Waals surface area contributed by atoms with E-state index in [1.54, 1.807) is 0 Å². The summed E-state index contributed by atoms with van der Waals surface area (Å²) in [4.78, 5) is 22.9. The first-order valence-electron chi connectivity index (χ1n) is 8.88. The summed E-state index contributed by atoms with van der Waals surface area (Å²) >= 11 is 0. The van der Waals surface area contributed by atoms with Crippen molar-refractivity contribution < 1.29 is 4.79 Å². The highest BCUT2D eigenvalue weighted by atomic mass is 127. The van der Waals surface area contributed by atoms with Gasteiger partial charge in [0.05, 0.1) is 13.1 Å². The Morgan fingerprint density at radius 2 is 1.71 bits per heavy atom. The second-order valence-corrected chi connectivity index (χ2v) is 5.90. The molecule has 0 radical (unpaired) electrons. The first kappa shape index (κ1) is 25.7. The van der Waals surface area contributed by atoms with Crippen LogP contribution < -0.4 is 5.32 Å². The molecule has 0 spiro atoms. The zero-order chi connectivity index (χ0) is 17.8. The fourth-order valence-corrected chi connectivity index (χ4v) is 2.27. The molecule has 0 saturated heterocycles. The van der Waals surface area contributed by atoms with Gasteiger partial charge in [0.15, 0.2) is 5.96 Å². The Bertz CT molecular complexity index is 361. The lowest BCUT2D eigenvalue weighted by atomic mass is 10.2. The summed E-state index contributed by atoms with van der Waals surface area (Å²) in [5.74, 6) is 0.936. The highest BCUT2D eigenvalue weighted by Gasteiger charge is 2.15. The zero-order valence-electron chi connectivity index (χ0n) is 16.6. The van der Waals surface area contributed by atoms with Gasteiger partial charge in [-0.25, -0.2) is 0 Å². The van der Waals surface area contributed by atoms with Gasteiger partial charge in [-0.3, -0.25) is 9.79 Å². The van der Waals surface area contributed by atoms with Crippen LogP contribution in [0, 0.1) is 0 Å². The van der Waals surface area contributed by atoms with Gasteiger partial charge >= 0.3 is 0 Å². The molecule has 0 aromatic carbocycles. The molecule has 1 atom stereocenters. The molecule has 0 bridgehead atoms. The minimum absolute atomic E-state index is 0. The largest absolute Gasteiger partial charge is 0.357 e. The Hall–Kier alpha value is -0.570. The van der Waals surface area contributed by atoms with Crippen LogP contribution in [0.3, 0.4) is 0 Å². The average Bonchev–Trinajstić information content (AvgIpc) is 2.53. The number of hydrogen-bond donors (Lipinski definition) is 1. The molecule has 7 heteroatoms. The van der Waals surface area contributed by atoms with Gasteiger partial charge < -0.3 is 20.0 Å². The molecule has 0 aliphatic carbocycles. The molecule has 144 valence electrons. The van der Waals surface area contributed by atoms with E-state index in [-0.39, 0.29) is 29.9 Å². The van der Waals surface area contributed by atoms with Crippen LogP contribution in [0.2, 0.25) is 0 Å². The molecule has 0 rings (SSSR count). The maximum absolute atomic E-state index is 12.2. The molecular weight excluding hydrogens is 417 g/mol. The minimum atomic E-state index is 0. The molecule has 0 saturated carbocycles. The van der Waals surface area contributed by atoms with Crippen LogP contribution in [0.25, 0.3) is 0 Å². The smallest absolute Gasteiger partial charge is 0.242 e. The number of rotatable bonds is 10. The Balaban J connectivity index is 0. The molecule has 0 fully saturated rings. The zero-order valence-corrected chi connectivity index (χ0v) is 19.0. The Morgan fingerprint density at radius 3 is 2.17 bits per heavy atom. The van der Waals surface area contributed by atoms with Crippen molar-refractivity contribution in [1.29, 1.82) is 0 Å². The van der Waals surface area contributed by atoms with E-state index in [9.17, 15) is 4.79 Å². The average molecular weight is 455 g/mol. The molecule has 24 heavy (non-hydrogen) atoms. The van der Waals surface area contributed by atoms with E-state index in [2.05, 4.69) is 36.1 Å². The number of halogens is 1. The first-order valence-corrected chi connectivity index (χ1v) is 8.88. The Kier molecular flexibility index (Phi) is 15.8. The van der Waals surface area contributed by atoms with E-state index >= 15 is 0 Å². The third-order valence-corrected chi connectivity index (χ3v) is 4.24. The summed E-state index contributed by atoms with van der Waals surface area (Å²) < 4.78 is 0. The first-order chi connectivity index (χ1) is 10.9. The van der Waals surface area contributed by atoms with Crippen molar-refractivity contribution in [3.8, 4) is 0 Å². The number of nitrogens with zero attached hydrogens (tertiary/aromatic N) is 4. The van der Waals surface area contributed by atoms with Gasteiger partial charge in [-0.2, -0.15) is 0 Å². The van der Waals surface area contributed by atoms with Crippen LogP contribution in [0.4, 0.5) is 0 Å². The third kappa shape index (κ3) is 9.66. The summed E-state index contributed by atoms with van der Waals surface area (Å²) in [7, 11) is 4.05. The molecule has 0 aromatic heterocycles. The lowest BCUT2D eigenvalue weighted by Gasteiger charge is -2.26. The molecule has 0 aliphatic rings. The molecule has 1 N–H and O–H groups in total. The van der Waals surface area contributed by atoms with Crippen molar-refractivity contribution in [2.75, 3.05) is 53.4 Å². The summed E-state index contributed by atoms with van der Waals surface area (Å²) in [6, 6.07) is 0.565. The van der Waals surface area contributed by atoms with E-state index < -0.39 is 0 Å². The molecule has 0 aliphatic heterocycles. The number of aliphatic imine (C=N–C) groups is 1. The highest BCUT2D eigenvalue weighted by molar-refractivity contribution is 14.0. The summed E-state index contributed by atoms with van der Waals surface area (Å²) in [6.45, 7) is 14.8. The predicted octanol–water partition coefficient (Wildman–Crippen LogP) is 2.10. The van der Waals surface area contributed by atoms with E-state index in [1.807, 2.05) is 37.6 Å². The molecule has 1 unspecified atom stereocenters. The fraction of sp³-hybridized carbons (Fsp3) is 0.882. The van der Waals surface area contributed by atoms with E-state index in [4.69, 9.17) is 0 Å². The second-order valence-electron chi connectivity index (χ2n) is 5.90. The van der Waals surface area contributed by atoms with Crippen molar-refractivity contribution in [2.24, 2.45) is 4.99 Å². The van der Waals surface area contributed by atoms with Crippen LogP contribution in [-0.2, 0) is 4.79 Å². The standard InChI is InChI=1S/C17H37N5O.HI/c1-8-15(5)20(6)13-12-19-17(18-9-2)21(7)14-16(23)22(10-3)11-4;/h15H,8-14H2,1-7H3,(H,18,19);1H. The number of nitrogens with one attached hydrogen (secondary N) is 1. The van der Waals surface area contributed by atoms with Gasteiger partial charge in [0.2, 0.25) is 5.91 Å². The number of amides is 1. The summed E-state index contributed by atoms with van der Waals surface area (Å²) in [6.07, 6.45) is 1.14. The molecule has 0 aromatic rings. The maximum Gasteiger partial charge on any atom is 0.242 e. The summed E-state index contributed by atoms with van der Waals surface area (Å²) in [5.41, 5.74) is 0. The lowest BCUT2D eigenvalue weighted by Crippen LogP contribution is -2.46. The van der Waals surface area contributed by atoms with Crippen LogP contribution in [-0.4, -0.2) is 86.0 Å². The Morgan fingerprint density at radius 1 is 1.12 bits per heavy atom. The topological polar surface area (TPSA) is 51.2 Å². The van der Waals surface area contributed by atoms with Crippen molar-refractivity contribution in [2.45, 2.75) is 47.1 Å². The van der Waals surface area contributed by atoms with Gasteiger partial charge in [-0.05, 0) is 41.2 Å². The number of likely N-dealkylation sites (N-methyl/N-ethyl adjacent to an activating group) is 3. The predicted molar refractivity (Wildman–Crippen MR) is 114 cm³/mol. The fourth-order valence-electron chi connectivity index (χ4n) is 2.27. The monoisotopic (exact) mass is 455 g/mol. The van der Waals surface area contributed by atoms with Crippen LogP contribution in [0.5, 0.6) is 0 Å². The highest BCUT2D eigenvalue weighted by Crippen LogP contribution is 1.99. The summed E-state index contributed by atoms with van der Waals surface area (Å²) in [5, 5.41) is 3.27. The lowest BCUT2D eigenvalue weighted by molar-refractivity contribution is -0.131. The van der Waals surface area contributed by atoms with Crippen molar-refractivity contribution in [1.82, 2.24) is 20.0 Å². The maximum atomic E-state index is 12.2. The number of guanidine groups is 1. The van der Waals surface area contributed by atoms with Crippen LogP contribution >= 0.6 is 24.0 Å². The molecular formula is C17H38IN5O. The van der Waals surface area contributed by atoms with Crippen molar-refractivity contribution in [3.05, 3.63) is 0 Å². The van der Waals surface area contributed by atoms with E-state index in [1.165, 1.54) is 0 Å². The van der Waals surface area contributed by atoms with Crippen molar-refractivity contribution >= 4 is 35.8 Å². The third-order valence-electron chi connectivity index (χ3n) is 4.24. The van der Waals surface area contributed by atoms with Crippen LogP contribution in [0.1, 0.15) is 41.0 Å². The number of hydrogen-bond acceptors (Lipinski definition) is 3. The SMILES string of the molecule is CCNC(=NCCN(C)C(C)CC)N(C)CC(=O)N(CC)CC.I. The van der Waals surface area contributed by atoms with Gasteiger partial charge in [0.25, 0.3) is 0 Å². The molecule has 0 heterocycles. The quantitative estimate of drug-likeness (QED) is 0.312. The minimum Gasteiger partial charge on any atom is -0.357 e. The van der Waals surface area contributed by atoms with Gasteiger partial charge in [-0.1, -0.05) is 6.92 Å². The van der Waals surface area contributed by atoms with Crippen molar-refractivity contribution in [3.63, 3.8) is 0 Å². The van der Waals surface area contributed by atoms with Gasteiger partial charge in [-0.15, -0.1) is 24.0 Å². The molecule has 1 amide bonds. The Labute approximate surface area is 166 Å².